The van der Waals surface area contributed by atoms with Gasteiger partial charge in [-0.05, 0) is 47.0 Å². The molecule has 0 unspecified atom stereocenters. The number of nitrogens with one attached hydrogen (secondary N) is 1. The van der Waals surface area contributed by atoms with E-state index < -0.39 is 18.2 Å². The van der Waals surface area contributed by atoms with Gasteiger partial charge in [-0.3, -0.25) is 9.59 Å². The maximum atomic E-state index is 14.2. The Morgan fingerprint density at radius 2 is 1.89 bits per heavy atom. The Labute approximate surface area is 283 Å². The molecule has 1 aromatic heterocycles. The number of hydrazine groups is 1. The van der Waals surface area contributed by atoms with Crippen LogP contribution < -0.4 is 11.1 Å². The second-order valence-corrected chi connectivity index (χ2v) is 13.0. The van der Waals surface area contributed by atoms with E-state index >= 15 is 0 Å². The van der Waals surface area contributed by atoms with Gasteiger partial charge in [-0.1, -0.05) is 64.7 Å². The van der Waals surface area contributed by atoms with Crippen LogP contribution >= 0.6 is 34.5 Å². The lowest BCUT2D eigenvalue weighted by atomic mass is 9.99. The summed E-state index contributed by atoms with van der Waals surface area (Å²) in [6, 6.07) is 13.4. The molecular formula is C32H29Cl2N7O5S. The van der Waals surface area contributed by atoms with Crippen LogP contribution in [0.4, 0.5) is 9.93 Å². The molecule has 15 heteroatoms. The number of carbonyl (C=O) groups is 3. The first-order valence-corrected chi connectivity index (χ1v) is 16.0. The Bertz CT molecular complexity index is 1930. The Kier molecular flexibility index (Phi) is 9.03. The summed E-state index contributed by atoms with van der Waals surface area (Å²) in [4.78, 5) is 49.0. The average Bonchev–Trinajstić information content (AvgIpc) is 3.59. The number of halogens is 2. The van der Waals surface area contributed by atoms with E-state index in [9.17, 15) is 24.6 Å². The Balaban J connectivity index is 1.32. The van der Waals surface area contributed by atoms with Crippen LogP contribution in [0.1, 0.15) is 16.7 Å². The fourth-order valence-electron chi connectivity index (χ4n) is 5.95. The molecule has 2 saturated heterocycles. The van der Waals surface area contributed by atoms with Crippen molar-refractivity contribution in [1.29, 1.82) is 0 Å². The molecule has 0 spiro atoms. The number of thiazole rings is 1. The highest BCUT2D eigenvalue weighted by atomic mass is 35.5. The zero-order valence-corrected chi connectivity index (χ0v) is 27.1. The molecule has 3 aromatic carbocycles. The molecule has 47 heavy (non-hydrogen) atoms. The van der Waals surface area contributed by atoms with Crippen molar-refractivity contribution in [1.82, 2.24) is 30.1 Å². The normalized spacial score (nSPS) is 18.0. The highest BCUT2D eigenvalue weighted by molar-refractivity contribution is 7.22. The maximum Gasteiger partial charge on any atom is 0.333 e. The van der Waals surface area contributed by atoms with Crippen LogP contribution in [0.3, 0.4) is 0 Å². The number of piperazine rings is 1. The fourth-order valence-corrected chi connectivity index (χ4v) is 7.05. The van der Waals surface area contributed by atoms with Crippen LogP contribution in [0.5, 0.6) is 11.5 Å². The number of urea groups is 1. The SMILES string of the molecule is C#CCN(C(=O)NCc1ccc(Cl)c(Cl)c1)N1CC(=O)N2[C@@H](Cc3ccc(O)c(O)c3)C(=O)N(Cc3cccc4sc(N)nc34)C[C@@H]21. The third kappa shape index (κ3) is 6.45. The minimum atomic E-state index is -0.984. The number of amides is 4. The highest BCUT2D eigenvalue weighted by Crippen LogP contribution is 2.34. The lowest BCUT2D eigenvalue weighted by molar-refractivity contribution is -0.157. The van der Waals surface area contributed by atoms with Gasteiger partial charge < -0.3 is 31.1 Å². The lowest BCUT2D eigenvalue weighted by Gasteiger charge is -2.46. The number of hydrogen-bond acceptors (Lipinski definition) is 9. The number of phenols is 2. The van der Waals surface area contributed by atoms with Gasteiger partial charge in [-0.15, -0.1) is 6.42 Å². The second-order valence-electron chi connectivity index (χ2n) is 11.1. The number of aromatic nitrogens is 1. The van der Waals surface area contributed by atoms with Gasteiger partial charge >= 0.3 is 6.03 Å². The molecule has 0 radical (unpaired) electrons. The predicted molar refractivity (Wildman–Crippen MR) is 178 cm³/mol. The van der Waals surface area contributed by atoms with Crippen molar-refractivity contribution in [2.45, 2.75) is 31.7 Å². The molecule has 4 aromatic rings. The number of terminal acetylenes is 1. The molecular weight excluding hydrogens is 665 g/mol. The number of phenolic OH excluding ortho intramolecular Hbond substituents is 2. The summed E-state index contributed by atoms with van der Waals surface area (Å²) in [6.07, 6.45) is 4.99. The molecule has 6 rings (SSSR count). The molecule has 2 atom stereocenters. The molecule has 2 fully saturated rings. The second kappa shape index (κ2) is 13.2. The molecule has 3 heterocycles. The quantitative estimate of drug-likeness (QED) is 0.161. The predicted octanol–water partition coefficient (Wildman–Crippen LogP) is 3.78. The van der Waals surface area contributed by atoms with Gasteiger partial charge in [0.1, 0.15) is 12.2 Å². The fraction of sp³-hybridized carbons (Fsp3) is 0.250. The van der Waals surface area contributed by atoms with Gasteiger partial charge in [0.2, 0.25) is 11.8 Å². The lowest BCUT2D eigenvalue weighted by Crippen LogP contribution is -2.66. The summed E-state index contributed by atoms with van der Waals surface area (Å²) >= 11 is 13.5. The molecule has 0 bridgehead atoms. The first-order chi connectivity index (χ1) is 22.5. The third-order valence-corrected chi connectivity index (χ3v) is 9.72. The molecule has 4 amide bonds. The number of aromatic hydroxyl groups is 2. The number of para-hydroxylation sites is 1. The summed E-state index contributed by atoms with van der Waals surface area (Å²) in [5.74, 6) is 1.15. The molecule has 242 valence electrons. The number of nitrogens with zero attached hydrogens (tertiary/aromatic N) is 5. The van der Waals surface area contributed by atoms with E-state index in [2.05, 4.69) is 16.2 Å². The van der Waals surface area contributed by atoms with Gasteiger partial charge in [-0.25, -0.2) is 14.8 Å². The van der Waals surface area contributed by atoms with Gasteiger partial charge in [0.05, 0.1) is 39.9 Å². The first-order valence-electron chi connectivity index (χ1n) is 14.5. The molecule has 0 saturated carbocycles. The molecule has 12 nitrogen and oxygen atoms in total. The van der Waals surface area contributed by atoms with E-state index in [4.69, 9.17) is 35.4 Å². The van der Waals surface area contributed by atoms with Gasteiger partial charge in [0, 0.05) is 19.5 Å². The summed E-state index contributed by atoms with van der Waals surface area (Å²) < 4.78 is 0.874. The topological polar surface area (TPSA) is 156 Å². The number of nitrogen functional groups attached to an aromatic ring is 1. The number of carbonyl (C=O) groups excluding carboxylic acids is 3. The van der Waals surface area contributed by atoms with Crippen molar-refractivity contribution in [3.8, 4) is 23.8 Å². The van der Waals surface area contributed by atoms with Crippen LogP contribution in [0.15, 0.2) is 54.6 Å². The largest absolute Gasteiger partial charge is 0.504 e. The van der Waals surface area contributed by atoms with E-state index in [-0.39, 0.29) is 62.5 Å². The number of benzene rings is 3. The monoisotopic (exact) mass is 693 g/mol. The van der Waals surface area contributed by atoms with Crippen LogP contribution in [-0.2, 0) is 29.1 Å². The Hall–Kier alpha value is -4.74. The standard InChI is InChI=1S/C32H29Cl2N7O5S/c1-2-10-39(32(46)36-14-19-6-8-21(33)22(34)11-19)40-17-28(44)41-23(12-18-7-9-24(42)25(43)13-18)30(45)38(16-27(40)41)15-20-4-3-5-26-29(20)37-31(35)47-26/h1,3-9,11,13,23,27,42-43H,10,12,14-17H2,(H2,35,37)(H,36,46)/t23-,27+/m0/s1. The minimum absolute atomic E-state index is 0.0474. The molecule has 2 aliphatic rings. The summed E-state index contributed by atoms with van der Waals surface area (Å²) in [5, 5.41) is 26.8. The van der Waals surface area contributed by atoms with Crippen LogP contribution in [0, 0.1) is 12.3 Å². The smallest absolute Gasteiger partial charge is 0.333 e. The number of rotatable bonds is 8. The Morgan fingerprint density at radius 3 is 2.64 bits per heavy atom. The highest BCUT2D eigenvalue weighted by Gasteiger charge is 2.52. The zero-order chi connectivity index (χ0) is 33.4. The summed E-state index contributed by atoms with van der Waals surface area (Å²) in [7, 11) is 0. The number of nitrogens with two attached hydrogens (primary N) is 1. The van der Waals surface area contributed by atoms with Gasteiger partial charge in [0.25, 0.3) is 0 Å². The van der Waals surface area contributed by atoms with Crippen molar-refractivity contribution in [2.24, 2.45) is 0 Å². The van der Waals surface area contributed by atoms with E-state index in [1.165, 1.54) is 33.4 Å². The first kappa shape index (κ1) is 32.2. The number of fused-ring (bicyclic) bond motifs is 2. The third-order valence-electron chi connectivity index (χ3n) is 8.13. The maximum absolute atomic E-state index is 14.2. The van der Waals surface area contributed by atoms with Crippen molar-refractivity contribution in [3.63, 3.8) is 0 Å². The van der Waals surface area contributed by atoms with E-state index in [0.29, 0.717) is 31.8 Å². The summed E-state index contributed by atoms with van der Waals surface area (Å²) in [5.41, 5.74) is 8.67. The van der Waals surface area contributed by atoms with Gasteiger partial charge in [-0.2, -0.15) is 5.01 Å². The van der Waals surface area contributed by atoms with Crippen LogP contribution in [-0.4, -0.2) is 84.7 Å². The Morgan fingerprint density at radius 1 is 1.11 bits per heavy atom. The number of hydrogen-bond donors (Lipinski definition) is 4. The van der Waals surface area contributed by atoms with Crippen LogP contribution in [0.2, 0.25) is 10.0 Å². The number of anilines is 1. The van der Waals surface area contributed by atoms with Crippen molar-refractivity contribution in [3.05, 3.63) is 81.3 Å². The van der Waals surface area contributed by atoms with Gasteiger partial charge in [0.15, 0.2) is 16.6 Å². The average molecular weight is 695 g/mol. The zero-order valence-electron chi connectivity index (χ0n) is 24.8. The van der Waals surface area contributed by atoms with Crippen LogP contribution in [0.25, 0.3) is 10.2 Å². The summed E-state index contributed by atoms with van der Waals surface area (Å²) in [6.45, 7) is 0.00194. The van der Waals surface area contributed by atoms with E-state index in [1.54, 1.807) is 34.2 Å². The molecule has 5 N–H and O–H groups in total. The van der Waals surface area contributed by atoms with Crippen molar-refractivity contribution < 1.29 is 24.6 Å². The van der Waals surface area contributed by atoms with Crippen molar-refractivity contribution in [2.75, 3.05) is 25.4 Å². The van der Waals surface area contributed by atoms with E-state index in [0.717, 1.165) is 10.3 Å². The van der Waals surface area contributed by atoms with E-state index in [1.807, 2.05) is 18.2 Å². The van der Waals surface area contributed by atoms with Crippen molar-refractivity contribution >= 4 is 67.7 Å². The molecule has 2 aliphatic heterocycles. The minimum Gasteiger partial charge on any atom is -0.504 e. The molecule has 0 aliphatic carbocycles.